The highest BCUT2D eigenvalue weighted by molar-refractivity contribution is 6.09. The van der Waals surface area contributed by atoms with E-state index in [0.717, 1.165) is 11.1 Å². The maximum absolute atomic E-state index is 12.2. The van der Waals surface area contributed by atoms with Gasteiger partial charge in [0.15, 0.2) is 0 Å². The van der Waals surface area contributed by atoms with Gasteiger partial charge in [-0.3, -0.25) is 4.79 Å². The molecule has 0 aromatic carbocycles. The fourth-order valence-electron chi connectivity index (χ4n) is 1.97. The first-order chi connectivity index (χ1) is 7.15. The van der Waals surface area contributed by atoms with Crippen molar-refractivity contribution >= 4 is 11.9 Å². The van der Waals surface area contributed by atoms with Crippen molar-refractivity contribution in [3.05, 3.63) is 29.1 Å². The number of nitrogens with one attached hydrogen (secondary N) is 1. The highest BCUT2D eigenvalue weighted by atomic mass is 16.7. The number of rotatable bonds is 2. The van der Waals surface area contributed by atoms with Crippen LogP contribution in [0.1, 0.15) is 22.8 Å². The standard InChI is InChI=1S/C11H13NO3/c1-7-4-8-5-12-6-9(8)10(13)11(7,14-2)15-3/h4-6,12H,1-3H3. The fraction of sp³-hybridized carbons (Fsp3) is 0.364. The summed E-state index contributed by atoms with van der Waals surface area (Å²) in [5.41, 5.74) is 2.23. The number of ether oxygens (including phenoxy) is 2. The van der Waals surface area contributed by atoms with Crippen LogP contribution in [0, 0.1) is 0 Å². The van der Waals surface area contributed by atoms with Gasteiger partial charge >= 0.3 is 0 Å². The molecular weight excluding hydrogens is 194 g/mol. The molecule has 80 valence electrons. The summed E-state index contributed by atoms with van der Waals surface area (Å²) in [7, 11) is 2.94. The molecule has 1 aromatic heterocycles. The molecule has 1 aliphatic rings. The minimum atomic E-state index is -1.25. The molecule has 2 rings (SSSR count). The van der Waals surface area contributed by atoms with Gasteiger partial charge in [0, 0.05) is 37.7 Å². The van der Waals surface area contributed by atoms with E-state index >= 15 is 0 Å². The number of carbonyl (C=O) groups is 1. The molecule has 0 spiro atoms. The van der Waals surface area contributed by atoms with Gasteiger partial charge in [-0.25, -0.2) is 0 Å². The summed E-state index contributed by atoms with van der Waals surface area (Å²) in [5.74, 6) is -1.42. The lowest BCUT2D eigenvalue weighted by Gasteiger charge is -2.32. The monoisotopic (exact) mass is 207 g/mol. The van der Waals surface area contributed by atoms with Crippen LogP contribution in [-0.2, 0) is 9.47 Å². The van der Waals surface area contributed by atoms with Crippen LogP contribution in [0.3, 0.4) is 0 Å². The van der Waals surface area contributed by atoms with Crippen molar-refractivity contribution in [2.75, 3.05) is 14.2 Å². The van der Waals surface area contributed by atoms with E-state index in [9.17, 15) is 4.79 Å². The number of aromatic amines is 1. The van der Waals surface area contributed by atoms with Gasteiger partial charge in [-0.15, -0.1) is 0 Å². The molecule has 15 heavy (non-hydrogen) atoms. The average Bonchev–Trinajstić information content (AvgIpc) is 2.68. The molecule has 0 bridgehead atoms. The van der Waals surface area contributed by atoms with Crippen LogP contribution in [0.2, 0.25) is 0 Å². The van der Waals surface area contributed by atoms with Crippen LogP contribution >= 0.6 is 0 Å². The second kappa shape index (κ2) is 3.32. The molecule has 0 amide bonds. The number of hydrogen-bond acceptors (Lipinski definition) is 3. The van der Waals surface area contributed by atoms with Crippen LogP contribution in [0.4, 0.5) is 0 Å². The predicted octanol–water partition coefficient (Wildman–Crippen LogP) is 1.60. The van der Waals surface area contributed by atoms with Gasteiger partial charge in [-0.1, -0.05) is 0 Å². The third kappa shape index (κ3) is 1.19. The van der Waals surface area contributed by atoms with Crippen LogP contribution in [0.5, 0.6) is 0 Å². The van der Waals surface area contributed by atoms with Gasteiger partial charge in [-0.05, 0) is 18.6 Å². The average molecular weight is 207 g/mol. The maximum atomic E-state index is 12.2. The Morgan fingerprint density at radius 2 is 1.93 bits per heavy atom. The first-order valence-electron chi connectivity index (χ1n) is 4.66. The van der Waals surface area contributed by atoms with Crippen molar-refractivity contribution in [3.63, 3.8) is 0 Å². The first-order valence-corrected chi connectivity index (χ1v) is 4.66. The number of carbonyl (C=O) groups excluding carboxylic acids is 1. The summed E-state index contributed by atoms with van der Waals surface area (Å²) in [6.45, 7) is 1.82. The minimum Gasteiger partial charge on any atom is -0.366 e. The van der Waals surface area contributed by atoms with Crippen molar-refractivity contribution in [3.8, 4) is 0 Å². The lowest BCUT2D eigenvalue weighted by Crippen LogP contribution is -2.45. The SMILES string of the molecule is COC1(OC)C(=O)c2c[nH]cc2C=C1C. The molecule has 1 aromatic rings. The Morgan fingerprint density at radius 3 is 2.53 bits per heavy atom. The number of aromatic nitrogens is 1. The van der Waals surface area contributed by atoms with Crippen molar-refractivity contribution in [1.82, 2.24) is 4.98 Å². The number of H-pyrrole nitrogens is 1. The Morgan fingerprint density at radius 1 is 1.27 bits per heavy atom. The molecule has 0 aliphatic heterocycles. The second-order valence-corrected chi connectivity index (χ2v) is 3.51. The highest BCUT2D eigenvalue weighted by Gasteiger charge is 2.44. The quantitative estimate of drug-likeness (QED) is 0.749. The number of fused-ring (bicyclic) bond motifs is 1. The van der Waals surface area contributed by atoms with E-state index in [1.807, 2.05) is 13.0 Å². The van der Waals surface area contributed by atoms with Crippen LogP contribution in [-0.4, -0.2) is 30.8 Å². The highest BCUT2D eigenvalue weighted by Crippen LogP contribution is 2.34. The van der Waals surface area contributed by atoms with Crippen molar-refractivity contribution in [2.45, 2.75) is 12.7 Å². The fourth-order valence-corrected chi connectivity index (χ4v) is 1.97. The van der Waals surface area contributed by atoms with Gasteiger partial charge < -0.3 is 14.5 Å². The van der Waals surface area contributed by atoms with E-state index in [1.165, 1.54) is 14.2 Å². The summed E-state index contributed by atoms with van der Waals surface area (Å²) < 4.78 is 10.4. The Balaban J connectivity index is 2.61. The van der Waals surface area contributed by atoms with Crippen LogP contribution in [0.15, 0.2) is 18.0 Å². The Hall–Kier alpha value is -1.39. The molecule has 1 heterocycles. The minimum absolute atomic E-state index is 0.163. The van der Waals surface area contributed by atoms with E-state index in [1.54, 1.807) is 12.4 Å². The topological polar surface area (TPSA) is 51.3 Å². The zero-order valence-corrected chi connectivity index (χ0v) is 8.96. The second-order valence-electron chi connectivity index (χ2n) is 3.51. The molecule has 0 radical (unpaired) electrons. The molecule has 0 saturated carbocycles. The zero-order chi connectivity index (χ0) is 11.1. The normalized spacial score (nSPS) is 18.6. The lowest BCUT2D eigenvalue weighted by atomic mass is 9.89. The Bertz CT molecular complexity index is 427. The van der Waals surface area contributed by atoms with Gasteiger partial charge in [0.25, 0.3) is 5.79 Å². The van der Waals surface area contributed by atoms with Gasteiger partial charge in [0.05, 0.1) is 0 Å². The zero-order valence-electron chi connectivity index (χ0n) is 8.96. The summed E-state index contributed by atoms with van der Waals surface area (Å²) in [6.07, 6.45) is 5.33. The molecule has 0 unspecified atom stereocenters. The predicted molar refractivity (Wildman–Crippen MR) is 55.5 cm³/mol. The molecule has 4 heteroatoms. The van der Waals surface area contributed by atoms with Crippen molar-refractivity contribution < 1.29 is 14.3 Å². The molecule has 1 N–H and O–H groups in total. The Labute approximate surface area is 87.9 Å². The van der Waals surface area contributed by atoms with Crippen LogP contribution in [0.25, 0.3) is 6.08 Å². The summed E-state index contributed by atoms with van der Waals surface area (Å²) in [4.78, 5) is 15.1. The molecule has 0 fully saturated rings. The van der Waals surface area contributed by atoms with E-state index in [4.69, 9.17) is 9.47 Å². The van der Waals surface area contributed by atoms with E-state index < -0.39 is 5.79 Å². The first kappa shape index (κ1) is 10.1. The summed E-state index contributed by atoms with van der Waals surface area (Å²) in [5, 5.41) is 0. The Kier molecular flexibility index (Phi) is 2.25. The van der Waals surface area contributed by atoms with Gasteiger partial charge in [0.2, 0.25) is 5.78 Å². The molecule has 0 atom stereocenters. The van der Waals surface area contributed by atoms with E-state index in [2.05, 4.69) is 4.98 Å². The molecule has 4 nitrogen and oxygen atoms in total. The third-order valence-electron chi connectivity index (χ3n) is 2.79. The van der Waals surface area contributed by atoms with Crippen molar-refractivity contribution in [2.24, 2.45) is 0 Å². The smallest absolute Gasteiger partial charge is 0.256 e. The maximum Gasteiger partial charge on any atom is 0.256 e. The number of Topliss-reactive ketones (excluding diaryl/α,β-unsaturated/α-hetero) is 1. The van der Waals surface area contributed by atoms with Gasteiger partial charge in [-0.2, -0.15) is 0 Å². The number of hydrogen-bond donors (Lipinski definition) is 1. The lowest BCUT2D eigenvalue weighted by molar-refractivity contribution is -0.142. The summed E-state index contributed by atoms with van der Waals surface area (Å²) >= 11 is 0. The largest absolute Gasteiger partial charge is 0.366 e. The van der Waals surface area contributed by atoms with E-state index in [0.29, 0.717) is 5.56 Å². The van der Waals surface area contributed by atoms with Gasteiger partial charge in [0.1, 0.15) is 0 Å². The molecule has 1 aliphatic carbocycles. The third-order valence-corrected chi connectivity index (χ3v) is 2.79. The molecular formula is C11H13NO3. The molecule has 0 saturated heterocycles. The van der Waals surface area contributed by atoms with Crippen LogP contribution < -0.4 is 0 Å². The van der Waals surface area contributed by atoms with E-state index in [-0.39, 0.29) is 5.78 Å². The summed E-state index contributed by atoms with van der Waals surface area (Å²) in [6, 6.07) is 0. The number of ketones is 1. The number of methoxy groups -OCH3 is 2. The van der Waals surface area contributed by atoms with Crippen molar-refractivity contribution in [1.29, 1.82) is 0 Å².